The molecule has 0 fully saturated rings. The van der Waals surface area contributed by atoms with Crippen molar-refractivity contribution < 1.29 is 24.3 Å². The first-order valence-corrected chi connectivity index (χ1v) is 5.34. The quantitative estimate of drug-likeness (QED) is 0.436. The highest BCUT2D eigenvalue weighted by atomic mass is 32.1. The van der Waals surface area contributed by atoms with Crippen molar-refractivity contribution in [2.75, 3.05) is 19.4 Å². The van der Waals surface area contributed by atoms with Crippen LogP contribution in [0, 0.1) is 0 Å². The molecule has 0 atom stereocenters. The Bertz CT molecular complexity index is 474. The van der Waals surface area contributed by atoms with Gasteiger partial charge in [0, 0.05) is 18.6 Å². The highest BCUT2D eigenvalue weighted by Crippen LogP contribution is 2.07. The van der Waals surface area contributed by atoms with Crippen LogP contribution in [0.4, 0.5) is 5.13 Å². The minimum absolute atomic E-state index is 0.0164. The summed E-state index contributed by atoms with van der Waals surface area (Å²) in [7, 11) is 1.38. The van der Waals surface area contributed by atoms with Crippen LogP contribution in [0.2, 0.25) is 0 Å². The number of carboxylic acids is 1. The number of carboxylic acid groups (broad SMARTS) is 1. The number of hydrogen-bond donors (Lipinski definition) is 3. The molecule has 1 aromatic heterocycles. The van der Waals surface area contributed by atoms with Gasteiger partial charge in [-0.15, -0.1) is 0 Å². The number of aromatic nitrogens is 2. The maximum atomic E-state index is 11.4. The van der Waals surface area contributed by atoms with Crippen molar-refractivity contribution in [1.82, 2.24) is 14.7 Å². The molecule has 11 heteroatoms. The first-order chi connectivity index (χ1) is 9.04. The molecular formula is C8H11N5O5S. The number of nitrogen functional groups attached to an aromatic ring is 1. The van der Waals surface area contributed by atoms with Gasteiger partial charge in [0.25, 0.3) is 5.91 Å². The van der Waals surface area contributed by atoms with Gasteiger partial charge >= 0.3 is 5.97 Å². The number of nitrogens with two attached hydrogens (primary N) is 1. The molecule has 1 aromatic rings. The van der Waals surface area contributed by atoms with Gasteiger partial charge in [0.15, 0.2) is 5.13 Å². The molecule has 0 aromatic carbocycles. The second-order valence-corrected chi connectivity index (χ2v) is 3.43. The number of nitrogens with zero attached hydrogens (tertiary/aromatic N) is 3. The van der Waals surface area contributed by atoms with Crippen LogP contribution in [0.3, 0.4) is 0 Å². The molecule has 10 nitrogen and oxygen atoms in total. The molecule has 0 spiro atoms. The Morgan fingerprint density at radius 1 is 1.58 bits per heavy atom. The summed E-state index contributed by atoms with van der Waals surface area (Å²) in [4.78, 5) is 37.8. The summed E-state index contributed by atoms with van der Waals surface area (Å²) in [5.41, 5.74) is 5.12. The molecule has 0 saturated heterocycles. The van der Waals surface area contributed by atoms with Crippen molar-refractivity contribution in [3.8, 4) is 0 Å². The fourth-order valence-electron chi connectivity index (χ4n) is 0.786. The minimum Gasteiger partial charge on any atom is -0.479 e. The van der Waals surface area contributed by atoms with Crippen molar-refractivity contribution in [2.24, 2.45) is 5.16 Å². The van der Waals surface area contributed by atoms with Gasteiger partial charge in [-0.05, 0) is 0 Å². The number of rotatable bonds is 5. The van der Waals surface area contributed by atoms with E-state index in [2.05, 4.69) is 24.7 Å². The van der Waals surface area contributed by atoms with E-state index < -0.39 is 18.5 Å². The Morgan fingerprint density at radius 2 is 2.21 bits per heavy atom. The molecule has 1 amide bonds. The third kappa shape index (κ3) is 5.54. The van der Waals surface area contributed by atoms with Crippen molar-refractivity contribution in [3.05, 3.63) is 5.82 Å². The number of hydrogen-bond acceptors (Lipinski definition) is 9. The Balaban J connectivity index is 0.00000154. The van der Waals surface area contributed by atoms with Crippen LogP contribution in [-0.2, 0) is 19.2 Å². The van der Waals surface area contributed by atoms with Gasteiger partial charge in [-0.3, -0.25) is 4.79 Å². The first-order valence-electron chi connectivity index (χ1n) is 4.57. The van der Waals surface area contributed by atoms with Crippen molar-refractivity contribution in [3.63, 3.8) is 0 Å². The fraction of sp³-hybridized carbons (Fsp3) is 0.250. The largest absolute Gasteiger partial charge is 0.479 e. The maximum absolute atomic E-state index is 11.4. The number of carbonyl (C=O) groups is 3. The summed E-state index contributed by atoms with van der Waals surface area (Å²) in [5.74, 6) is -1.83. The monoisotopic (exact) mass is 289 g/mol. The zero-order chi connectivity index (χ0) is 14.8. The van der Waals surface area contributed by atoms with Crippen LogP contribution in [0.25, 0.3) is 0 Å². The van der Waals surface area contributed by atoms with Gasteiger partial charge in [0.2, 0.25) is 18.1 Å². The van der Waals surface area contributed by atoms with Crippen molar-refractivity contribution >= 4 is 41.0 Å². The summed E-state index contributed by atoms with van der Waals surface area (Å²) in [5, 5.41) is 14.2. The Morgan fingerprint density at radius 3 is 2.63 bits per heavy atom. The molecule has 19 heavy (non-hydrogen) atoms. The molecule has 0 unspecified atom stereocenters. The van der Waals surface area contributed by atoms with Crippen molar-refractivity contribution in [1.29, 1.82) is 0 Å². The summed E-state index contributed by atoms with van der Waals surface area (Å²) >= 11 is 0.884. The van der Waals surface area contributed by atoms with E-state index in [0.717, 1.165) is 11.5 Å². The molecule has 0 bridgehead atoms. The van der Waals surface area contributed by atoms with Gasteiger partial charge < -0.3 is 25.8 Å². The topological polar surface area (TPSA) is 157 Å². The van der Waals surface area contributed by atoms with Crippen LogP contribution in [0.5, 0.6) is 0 Å². The lowest BCUT2D eigenvalue weighted by atomic mass is 10.3. The number of nitrogens with one attached hydrogen (secondary N) is 1. The number of carbonyl (C=O) groups excluding carboxylic acids is 2. The van der Waals surface area contributed by atoms with Crippen molar-refractivity contribution in [2.45, 2.75) is 0 Å². The molecule has 4 N–H and O–H groups in total. The van der Waals surface area contributed by atoms with Crippen LogP contribution in [-0.4, -0.2) is 52.5 Å². The standard InChI is InChI=1S/C7H9N5O4S.CH2O/c1-9-6(15)4(11-16-2-3(13)14)5-10-7(8)17-12-5;1-2/h2H2,1H3,(H,9,15)(H,13,14)(H2,8,10,12);1H2/b11-4-;. The molecule has 0 aliphatic rings. The van der Waals surface area contributed by atoms with Gasteiger partial charge in [-0.25, -0.2) is 4.79 Å². The van der Waals surface area contributed by atoms with Gasteiger partial charge in [0.05, 0.1) is 0 Å². The predicted octanol–water partition coefficient (Wildman–Crippen LogP) is -1.51. The number of aliphatic carboxylic acids is 1. The fourth-order valence-corrected chi connectivity index (χ4v) is 1.22. The third-order valence-corrected chi connectivity index (χ3v) is 1.98. The lowest BCUT2D eigenvalue weighted by molar-refractivity contribution is -0.142. The highest BCUT2D eigenvalue weighted by Gasteiger charge is 2.18. The van der Waals surface area contributed by atoms with Crippen LogP contribution >= 0.6 is 11.5 Å². The summed E-state index contributed by atoms with van der Waals surface area (Å²) in [6.45, 7) is 1.33. The second kappa shape index (κ2) is 8.52. The summed E-state index contributed by atoms with van der Waals surface area (Å²) in [6.07, 6.45) is 0. The number of anilines is 1. The van der Waals surface area contributed by atoms with E-state index in [1.54, 1.807) is 0 Å². The maximum Gasteiger partial charge on any atom is 0.344 e. The van der Waals surface area contributed by atoms with E-state index in [1.807, 2.05) is 6.79 Å². The van der Waals surface area contributed by atoms with E-state index in [-0.39, 0.29) is 16.7 Å². The lowest BCUT2D eigenvalue weighted by Gasteiger charge is -2.00. The van der Waals surface area contributed by atoms with Gasteiger partial charge in [0.1, 0.15) is 6.79 Å². The number of likely N-dealkylation sites (N-methyl/N-ethyl adjacent to an activating group) is 1. The first kappa shape index (κ1) is 16.4. The molecule has 1 heterocycles. The van der Waals surface area contributed by atoms with E-state index >= 15 is 0 Å². The zero-order valence-electron chi connectivity index (χ0n) is 9.82. The second-order valence-electron chi connectivity index (χ2n) is 2.64. The zero-order valence-corrected chi connectivity index (χ0v) is 10.6. The molecule has 0 aliphatic carbocycles. The molecule has 1 rings (SSSR count). The molecule has 0 saturated carbocycles. The molecule has 104 valence electrons. The number of oxime groups is 1. The Labute approximate surface area is 111 Å². The molecule has 0 aliphatic heterocycles. The Kier molecular flexibility index (Phi) is 7.37. The predicted molar refractivity (Wildman–Crippen MR) is 65.6 cm³/mol. The van der Waals surface area contributed by atoms with Crippen LogP contribution in [0.1, 0.15) is 5.82 Å². The molecular weight excluding hydrogens is 278 g/mol. The van der Waals surface area contributed by atoms with Crippen LogP contribution in [0.15, 0.2) is 5.16 Å². The SMILES string of the molecule is C=O.CNC(=O)/C(=N\OCC(=O)O)c1nsc(N)n1. The van der Waals surface area contributed by atoms with E-state index in [9.17, 15) is 9.59 Å². The highest BCUT2D eigenvalue weighted by molar-refractivity contribution is 7.09. The van der Waals surface area contributed by atoms with Gasteiger partial charge in [-0.2, -0.15) is 9.36 Å². The Hall–Kier alpha value is -2.56. The third-order valence-electron chi connectivity index (χ3n) is 1.44. The van der Waals surface area contributed by atoms with Crippen LogP contribution < -0.4 is 11.1 Å². The van der Waals surface area contributed by atoms with E-state index in [4.69, 9.17) is 15.6 Å². The van der Waals surface area contributed by atoms with E-state index in [0.29, 0.717) is 0 Å². The normalized spacial score (nSPS) is 10.1. The summed E-state index contributed by atoms with van der Waals surface area (Å²) in [6, 6.07) is 0. The van der Waals surface area contributed by atoms with E-state index in [1.165, 1.54) is 7.05 Å². The minimum atomic E-state index is -1.21. The average molecular weight is 289 g/mol. The molecule has 0 radical (unpaired) electrons. The number of amides is 1. The average Bonchev–Trinajstić information content (AvgIpc) is 2.82. The van der Waals surface area contributed by atoms with Gasteiger partial charge in [-0.1, -0.05) is 5.16 Å². The smallest absolute Gasteiger partial charge is 0.344 e. The lowest BCUT2D eigenvalue weighted by Crippen LogP contribution is -2.29. The summed E-state index contributed by atoms with van der Waals surface area (Å²) < 4.78 is 3.77.